The Morgan fingerprint density at radius 3 is 0.816 bits per heavy atom. The first-order chi connectivity index (χ1) is 23.6. The lowest BCUT2D eigenvalue weighted by Gasteiger charge is -2.10. The molecule has 0 radical (unpaired) electrons. The summed E-state index contributed by atoms with van der Waals surface area (Å²) in [5.74, 6) is 2.11. The van der Waals surface area contributed by atoms with Crippen molar-refractivity contribution in [1.82, 2.24) is 0 Å². The lowest BCUT2D eigenvalue weighted by atomic mass is 10.0. The average molecular weight is 737 g/mol. The smallest absolute Gasteiger partial charge is 0.0781 e. The SMILES string of the molecule is CC(C)c1ccc([S+](c2ccc(C(C)C)cc2)c2ccc(Sc3ccc([S+](c4ccc(C(C)C)cc4)c4ccc(C(C)C)cc4)s3)s2)cc1. The third-order valence-corrected chi connectivity index (χ3v) is 17.4. The van der Waals surface area contributed by atoms with E-state index < -0.39 is 0 Å². The van der Waals surface area contributed by atoms with Crippen LogP contribution in [0.2, 0.25) is 0 Å². The molecule has 0 unspecified atom stereocenters. The summed E-state index contributed by atoms with van der Waals surface area (Å²) in [6.07, 6.45) is 0. The van der Waals surface area contributed by atoms with Crippen molar-refractivity contribution < 1.29 is 0 Å². The molecule has 0 N–H and O–H groups in total. The zero-order valence-electron chi connectivity index (χ0n) is 29.9. The number of rotatable bonds is 12. The summed E-state index contributed by atoms with van der Waals surface area (Å²) >= 11 is 5.82. The van der Waals surface area contributed by atoms with Crippen molar-refractivity contribution >= 4 is 56.2 Å². The van der Waals surface area contributed by atoms with Crippen LogP contribution in [0.15, 0.2) is 158 Å². The molecule has 0 saturated heterocycles. The number of hydrogen-bond acceptors (Lipinski definition) is 3. The van der Waals surface area contributed by atoms with Gasteiger partial charge in [-0.05, 0) is 107 Å². The Balaban J connectivity index is 1.30. The van der Waals surface area contributed by atoms with E-state index in [9.17, 15) is 0 Å². The summed E-state index contributed by atoms with van der Waals surface area (Å²) in [5.41, 5.74) is 5.57. The van der Waals surface area contributed by atoms with Gasteiger partial charge in [0.25, 0.3) is 0 Å². The molecule has 0 spiro atoms. The van der Waals surface area contributed by atoms with Gasteiger partial charge < -0.3 is 0 Å². The van der Waals surface area contributed by atoms with E-state index in [1.54, 1.807) is 0 Å². The van der Waals surface area contributed by atoms with Crippen molar-refractivity contribution in [1.29, 1.82) is 0 Å². The van der Waals surface area contributed by atoms with Crippen LogP contribution < -0.4 is 0 Å². The molecule has 0 amide bonds. The number of benzene rings is 4. The van der Waals surface area contributed by atoms with E-state index in [1.165, 1.54) is 58.7 Å². The molecule has 0 atom stereocenters. The van der Waals surface area contributed by atoms with E-state index in [1.807, 2.05) is 34.4 Å². The maximum absolute atomic E-state index is 2.37. The predicted octanol–water partition coefficient (Wildman–Crippen LogP) is 14.6. The van der Waals surface area contributed by atoms with Gasteiger partial charge in [0.1, 0.15) is 21.8 Å². The molecule has 6 rings (SSSR count). The van der Waals surface area contributed by atoms with Crippen LogP contribution in [0.3, 0.4) is 0 Å². The van der Waals surface area contributed by atoms with Gasteiger partial charge in [0.2, 0.25) is 8.42 Å². The lowest BCUT2D eigenvalue weighted by Crippen LogP contribution is -2.04. The van der Waals surface area contributed by atoms with Gasteiger partial charge in [-0.3, -0.25) is 0 Å². The van der Waals surface area contributed by atoms with Gasteiger partial charge in [0.05, 0.1) is 8.42 Å². The highest BCUT2D eigenvalue weighted by molar-refractivity contribution is 8.04. The summed E-state index contributed by atoms with van der Waals surface area (Å²) in [6, 6.07) is 46.8. The Kier molecular flexibility index (Phi) is 11.9. The van der Waals surface area contributed by atoms with Crippen molar-refractivity contribution in [3.05, 3.63) is 144 Å². The molecule has 0 bridgehead atoms. The Morgan fingerprint density at radius 1 is 0.347 bits per heavy atom. The molecule has 49 heavy (non-hydrogen) atoms. The van der Waals surface area contributed by atoms with Crippen LogP contribution in [-0.4, -0.2) is 0 Å². The van der Waals surface area contributed by atoms with E-state index in [2.05, 4.69) is 177 Å². The normalized spacial score (nSPS) is 12.0. The minimum atomic E-state index is -0.148. The van der Waals surface area contributed by atoms with Crippen LogP contribution in [0.5, 0.6) is 0 Å². The van der Waals surface area contributed by atoms with Crippen molar-refractivity contribution in [2.45, 2.75) is 115 Å². The minimum absolute atomic E-state index is 0.148. The summed E-state index contributed by atoms with van der Waals surface area (Å²) in [5, 5.41) is 0. The van der Waals surface area contributed by atoms with Gasteiger partial charge in [-0.15, -0.1) is 0 Å². The van der Waals surface area contributed by atoms with Crippen molar-refractivity contribution in [2.75, 3.05) is 0 Å². The maximum atomic E-state index is 2.37. The zero-order chi connectivity index (χ0) is 34.7. The van der Waals surface area contributed by atoms with E-state index >= 15 is 0 Å². The van der Waals surface area contributed by atoms with Gasteiger partial charge in [0.15, 0.2) is 19.6 Å². The third kappa shape index (κ3) is 8.63. The monoisotopic (exact) mass is 736 g/mol. The van der Waals surface area contributed by atoms with E-state index in [4.69, 9.17) is 0 Å². The highest BCUT2D eigenvalue weighted by Gasteiger charge is 2.33. The molecule has 252 valence electrons. The van der Waals surface area contributed by atoms with Crippen molar-refractivity contribution in [3.63, 3.8) is 0 Å². The van der Waals surface area contributed by atoms with E-state index in [0.717, 1.165) is 0 Å². The molecule has 5 heteroatoms. The van der Waals surface area contributed by atoms with Crippen LogP contribution in [0.25, 0.3) is 0 Å². The fraction of sp³-hybridized carbons (Fsp3) is 0.273. The molecular formula is C44H48S5+2. The Labute approximate surface area is 313 Å². The van der Waals surface area contributed by atoms with E-state index in [-0.39, 0.29) is 21.8 Å². The largest absolute Gasteiger partial charge is 0.221 e. The Morgan fingerprint density at radius 2 is 0.592 bits per heavy atom. The minimum Gasteiger partial charge on any atom is -0.0781 e. The second-order valence-corrected chi connectivity index (χ2v) is 22.0. The van der Waals surface area contributed by atoms with Gasteiger partial charge in [-0.25, -0.2) is 0 Å². The summed E-state index contributed by atoms with van der Waals surface area (Å²) in [6.45, 7) is 18.2. The average Bonchev–Trinajstić information content (AvgIpc) is 3.76. The molecule has 0 saturated carbocycles. The molecule has 2 heterocycles. The van der Waals surface area contributed by atoms with Crippen LogP contribution in [-0.2, 0) is 21.8 Å². The molecule has 0 fully saturated rings. The Hall–Kier alpha value is -2.67. The van der Waals surface area contributed by atoms with Crippen LogP contribution in [0.1, 0.15) is 101 Å². The standard InChI is InChI=1S/C44H48S5/c1-29(2)33-9-17-37(18-10-33)48(38-19-11-34(12-20-38)30(3)4)43-27-25-41(46-43)45-42-26-28-44(47-42)49(39-21-13-35(14-22-39)31(5)6)40-23-15-36(16-24-40)32(7)8/h9-32H,1-8H3/q+2. The summed E-state index contributed by atoms with van der Waals surface area (Å²) in [7, 11) is -0.296. The van der Waals surface area contributed by atoms with E-state index in [0.29, 0.717) is 23.7 Å². The first kappa shape index (κ1) is 36.1. The number of thiophene rings is 2. The Bertz CT molecular complexity index is 1680. The van der Waals surface area contributed by atoms with Crippen molar-refractivity contribution in [2.24, 2.45) is 0 Å². The summed E-state index contributed by atoms with van der Waals surface area (Å²) < 4.78 is 5.54. The topological polar surface area (TPSA) is 0 Å². The molecular weight excluding hydrogens is 689 g/mol. The second kappa shape index (κ2) is 16.1. The van der Waals surface area contributed by atoms with Gasteiger partial charge in [-0.1, -0.05) is 138 Å². The van der Waals surface area contributed by atoms with Crippen LogP contribution in [0.4, 0.5) is 0 Å². The second-order valence-electron chi connectivity index (χ2n) is 13.8. The van der Waals surface area contributed by atoms with Gasteiger partial charge >= 0.3 is 0 Å². The molecule has 6 aromatic rings. The fourth-order valence-electron chi connectivity index (χ4n) is 5.73. The lowest BCUT2D eigenvalue weighted by molar-refractivity contribution is 0.864. The fourth-order valence-corrected chi connectivity index (χ4v) is 14.9. The molecule has 0 aliphatic rings. The highest BCUT2D eigenvalue weighted by atomic mass is 32.2. The molecule has 2 aromatic heterocycles. The van der Waals surface area contributed by atoms with Crippen LogP contribution in [0, 0.1) is 0 Å². The summed E-state index contributed by atoms with van der Waals surface area (Å²) in [4.78, 5) is 5.54. The van der Waals surface area contributed by atoms with Crippen LogP contribution >= 0.6 is 34.4 Å². The quantitative estimate of drug-likeness (QED) is 0.113. The molecule has 0 aliphatic heterocycles. The zero-order valence-corrected chi connectivity index (χ0v) is 34.0. The number of hydrogen-bond donors (Lipinski definition) is 0. The third-order valence-electron chi connectivity index (χ3n) is 8.85. The van der Waals surface area contributed by atoms with Gasteiger partial charge in [-0.2, -0.15) is 0 Å². The predicted molar refractivity (Wildman–Crippen MR) is 219 cm³/mol. The molecule has 0 nitrogen and oxygen atoms in total. The molecule has 0 aliphatic carbocycles. The first-order valence-electron chi connectivity index (χ1n) is 17.3. The molecule has 4 aromatic carbocycles. The first-order valence-corrected chi connectivity index (χ1v) is 22.2. The van der Waals surface area contributed by atoms with Crippen molar-refractivity contribution in [3.8, 4) is 0 Å². The highest BCUT2D eigenvalue weighted by Crippen LogP contribution is 2.45. The van der Waals surface area contributed by atoms with Gasteiger partial charge in [0, 0.05) is 12.1 Å². The maximum Gasteiger partial charge on any atom is 0.221 e.